The molecule has 1 atom stereocenters. The van der Waals surface area contributed by atoms with Crippen LogP contribution in [-0.2, 0) is 17.1 Å². The number of anilines is 1. The van der Waals surface area contributed by atoms with Gasteiger partial charge in [-0.3, -0.25) is 9.59 Å². The van der Waals surface area contributed by atoms with Crippen LogP contribution in [0.1, 0.15) is 92.5 Å². The molecule has 0 radical (unpaired) electrons. The van der Waals surface area contributed by atoms with Crippen molar-refractivity contribution in [2.24, 2.45) is 0 Å². The van der Waals surface area contributed by atoms with Crippen molar-refractivity contribution >= 4 is 39.7 Å². The van der Waals surface area contributed by atoms with Crippen LogP contribution in [0.4, 0.5) is 32.2 Å². The molecule has 3 fully saturated rings. The number of H-pyrrole nitrogens is 2. The number of pyridine rings is 1. The van der Waals surface area contributed by atoms with Crippen LogP contribution in [0.15, 0.2) is 84.9 Å². The number of alkyl halides is 6. The normalized spacial score (nSPS) is 18.8. The monoisotopic (exact) mass is 829 g/mol. The molecule has 312 valence electrons. The van der Waals surface area contributed by atoms with Crippen LogP contribution in [-0.4, -0.2) is 87.5 Å². The van der Waals surface area contributed by atoms with E-state index in [2.05, 4.69) is 15.0 Å². The minimum atomic E-state index is -4.68. The van der Waals surface area contributed by atoms with E-state index in [1.807, 2.05) is 23.1 Å². The number of hydrogen-bond acceptors (Lipinski definition) is 6. The van der Waals surface area contributed by atoms with Crippen molar-refractivity contribution in [1.82, 2.24) is 29.7 Å². The Kier molecular flexibility index (Phi) is 10.3. The molecule has 6 aromatic rings. The number of rotatable bonds is 6. The number of fused-ring (bicyclic) bond motifs is 2. The molecule has 0 aliphatic carbocycles. The van der Waals surface area contributed by atoms with Crippen LogP contribution in [0.3, 0.4) is 0 Å². The van der Waals surface area contributed by atoms with Crippen molar-refractivity contribution in [2.75, 3.05) is 50.8 Å². The van der Waals surface area contributed by atoms with Gasteiger partial charge in [0.25, 0.3) is 11.8 Å². The van der Waals surface area contributed by atoms with E-state index in [0.29, 0.717) is 48.1 Å². The minimum Gasteiger partial charge on any atom is -0.377 e. The number of piperidine rings is 2. The summed E-state index contributed by atoms with van der Waals surface area (Å²) >= 11 is 0. The Morgan fingerprint density at radius 2 is 1.27 bits per heavy atom. The highest BCUT2D eigenvalue weighted by molar-refractivity contribution is 5.97. The Labute approximate surface area is 340 Å². The Bertz CT molecular complexity index is 2520. The van der Waals surface area contributed by atoms with E-state index in [-0.39, 0.29) is 91.9 Å². The maximum absolute atomic E-state index is 15.3. The molecule has 16 heteroatoms. The molecule has 3 aliphatic rings. The molecule has 9 rings (SSSR count). The first kappa shape index (κ1) is 39.6. The Morgan fingerprint density at radius 1 is 0.633 bits per heavy atom. The van der Waals surface area contributed by atoms with Gasteiger partial charge in [0.2, 0.25) is 0 Å². The molecule has 0 bridgehead atoms. The summed E-state index contributed by atoms with van der Waals surface area (Å²) in [5, 5.41) is 0. The number of halogens is 6. The Balaban J connectivity index is 0.920. The molecule has 3 aromatic heterocycles. The summed E-state index contributed by atoms with van der Waals surface area (Å²) in [6, 6.07) is 21.8. The first-order chi connectivity index (χ1) is 28.8. The van der Waals surface area contributed by atoms with E-state index in [1.165, 1.54) is 24.3 Å². The lowest BCUT2D eigenvalue weighted by molar-refractivity contribution is -0.140. The number of ether oxygens (including phenoxy) is 1. The van der Waals surface area contributed by atoms with Gasteiger partial charge in [0.05, 0.1) is 52.4 Å². The molecule has 60 heavy (non-hydrogen) atoms. The Morgan fingerprint density at radius 3 is 1.98 bits per heavy atom. The lowest BCUT2D eigenvalue weighted by atomic mass is 9.83. The van der Waals surface area contributed by atoms with Gasteiger partial charge in [0, 0.05) is 32.7 Å². The number of hydrogen-bond donors (Lipinski definition) is 2. The maximum Gasteiger partial charge on any atom is 0.417 e. The summed E-state index contributed by atoms with van der Waals surface area (Å²) in [7, 11) is 0. The number of para-hydroxylation sites is 2. The van der Waals surface area contributed by atoms with Gasteiger partial charge in [0.15, 0.2) is 5.82 Å². The number of nitrogens with zero attached hydrogens (tertiary/aromatic N) is 5. The summed E-state index contributed by atoms with van der Waals surface area (Å²) in [6.07, 6.45) is -7.70. The molecule has 3 aliphatic heterocycles. The van der Waals surface area contributed by atoms with Crippen LogP contribution < -0.4 is 4.90 Å². The smallest absolute Gasteiger partial charge is 0.377 e. The molecule has 1 unspecified atom stereocenters. The molecule has 6 heterocycles. The van der Waals surface area contributed by atoms with Crippen molar-refractivity contribution in [2.45, 2.75) is 55.9 Å². The van der Waals surface area contributed by atoms with E-state index >= 15 is 13.2 Å². The number of carbonyl (C=O) groups excluding carboxylic acids is 2. The lowest BCUT2D eigenvalue weighted by Gasteiger charge is -2.39. The summed E-state index contributed by atoms with van der Waals surface area (Å²) in [4.78, 5) is 47.4. The number of imidazole rings is 1. The maximum atomic E-state index is 15.3. The highest BCUT2D eigenvalue weighted by Crippen LogP contribution is 2.45. The number of carbonyl (C=O) groups is 2. The summed E-state index contributed by atoms with van der Waals surface area (Å²) in [5.74, 6) is -0.746. The molecule has 0 saturated carbocycles. The van der Waals surface area contributed by atoms with E-state index in [4.69, 9.17) is 9.72 Å². The van der Waals surface area contributed by atoms with Gasteiger partial charge in [-0.05, 0) is 90.6 Å². The molecule has 3 saturated heterocycles. The van der Waals surface area contributed by atoms with Crippen LogP contribution in [0.5, 0.6) is 0 Å². The van der Waals surface area contributed by atoms with Gasteiger partial charge < -0.3 is 29.4 Å². The molecule has 3 aromatic carbocycles. The number of aromatic nitrogens is 4. The number of aromatic amines is 2. The van der Waals surface area contributed by atoms with Gasteiger partial charge in [-0.15, -0.1) is 0 Å². The topological polar surface area (TPSA) is 110 Å². The predicted octanol–water partition coefficient (Wildman–Crippen LogP) is 9.09. The Hall–Kier alpha value is -5.90. The minimum absolute atomic E-state index is 0.00301. The molecule has 10 nitrogen and oxygen atoms in total. The first-order valence-corrected chi connectivity index (χ1v) is 20.1. The number of likely N-dealkylation sites (tertiary alicyclic amines) is 2. The fourth-order valence-electron chi connectivity index (χ4n) is 9.22. The van der Waals surface area contributed by atoms with E-state index < -0.39 is 35.4 Å². The van der Waals surface area contributed by atoms with Crippen molar-refractivity contribution < 1.29 is 40.7 Å². The highest BCUT2D eigenvalue weighted by atomic mass is 19.4. The van der Waals surface area contributed by atoms with Gasteiger partial charge in [-0.25, -0.2) is 9.97 Å². The summed E-state index contributed by atoms with van der Waals surface area (Å²) < 4.78 is 92.6. The second-order valence-electron chi connectivity index (χ2n) is 15.7. The van der Waals surface area contributed by atoms with Gasteiger partial charge in [-0.2, -0.15) is 26.3 Å². The van der Waals surface area contributed by atoms with Crippen molar-refractivity contribution in [1.29, 1.82) is 0 Å². The zero-order valence-corrected chi connectivity index (χ0v) is 32.3. The molecule has 2 amide bonds. The van der Waals surface area contributed by atoms with Gasteiger partial charge in [-0.1, -0.05) is 48.5 Å². The summed E-state index contributed by atoms with van der Waals surface area (Å²) in [5.41, 5.74) is 1.82. The van der Waals surface area contributed by atoms with Gasteiger partial charge in [0.1, 0.15) is 11.5 Å². The van der Waals surface area contributed by atoms with Crippen LogP contribution >= 0.6 is 0 Å². The largest absolute Gasteiger partial charge is 0.417 e. The zero-order chi connectivity index (χ0) is 41.8. The average molecular weight is 830 g/mol. The number of nitrogens with one attached hydrogen (secondary N) is 2. The molecule has 0 spiro atoms. The number of morpholine rings is 1. The van der Waals surface area contributed by atoms with Crippen molar-refractivity contribution in [3.63, 3.8) is 0 Å². The second-order valence-corrected chi connectivity index (χ2v) is 15.7. The zero-order valence-electron chi connectivity index (χ0n) is 32.3. The number of amides is 2. The van der Waals surface area contributed by atoms with Crippen LogP contribution in [0.2, 0.25) is 0 Å². The summed E-state index contributed by atoms with van der Waals surface area (Å²) in [6.45, 7) is 1.65. The first-order valence-electron chi connectivity index (χ1n) is 20.1. The van der Waals surface area contributed by atoms with E-state index in [9.17, 15) is 22.8 Å². The van der Waals surface area contributed by atoms with Crippen molar-refractivity contribution in [3.05, 3.63) is 124 Å². The van der Waals surface area contributed by atoms with Crippen LogP contribution in [0, 0.1) is 0 Å². The van der Waals surface area contributed by atoms with E-state index in [0.717, 1.165) is 11.6 Å². The molecular formula is C44H41F6N7O3. The fourth-order valence-corrected chi connectivity index (χ4v) is 9.22. The third-order valence-corrected chi connectivity index (χ3v) is 12.2. The lowest BCUT2D eigenvalue weighted by Crippen LogP contribution is -2.41. The van der Waals surface area contributed by atoms with Gasteiger partial charge >= 0.3 is 12.4 Å². The predicted molar refractivity (Wildman–Crippen MR) is 212 cm³/mol. The average Bonchev–Trinajstić information content (AvgIpc) is 3.90. The third kappa shape index (κ3) is 7.57. The van der Waals surface area contributed by atoms with Crippen LogP contribution in [0.25, 0.3) is 22.1 Å². The van der Waals surface area contributed by atoms with E-state index in [1.54, 1.807) is 46.2 Å². The molecule has 2 N–H and O–H groups in total. The number of benzene rings is 3. The quantitative estimate of drug-likeness (QED) is 0.162. The highest BCUT2D eigenvalue weighted by Gasteiger charge is 2.42. The van der Waals surface area contributed by atoms with Crippen molar-refractivity contribution in [3.8, 4) is 0 Å². The molecular weight excluding hydrogens is 789 g/mol. The SMILES string of the molecule is O=C(c1cc2nc(N3CCOCC3c3cccc(C4CCN(C(=O)c5nc6ccccc6[nH]5)CC4)c3C(F)(F)F)ccc2[nH]1)N1CCC(c2ccccc2C(F)(F)F)CC1. The second kappa shape index (κ2) is 15.6. The third-order valence-electron chi connectivity index (χ3n) is 12.2. The fraction of sp³-hybridized carbons (Fsp3) is 0.364. The standard InChI is InChI=1S/C44H41F6N7O3/c45-43(46,47)31-9-2-1-6-28(31)26-14-18-55(19-15-26)41(58)36-24-35-34(51-36)12-13-38(52-35)57-22-23-60-25-37(57)30-8-5-7-29(39(30)44(48,49)50)27-16-20-56(21-17-27)42(59)40-53-32-10-3-4-11-33(32)54-40/h1-13,24,26-27,37,51H,14-23,25H2,(H,53,54).